The highest BCUT2D eigenvalue weighted by atomic mass is 35.5. The van der Waals surface area contributed by atoms with E-state index in [1.807, 2.05) is 18.2 Å². The number of hydrogen-bond acceptors (Lipinski definition) is 4. The van der Waals surface area contributed by atoms with Crippen LogP contribution in [-0.2, 0) is 0 Å². The largest absolute Gasteiger partial charge is 0.492 e. The second kappa shape index (κ2) is 7.64. The zero-order chi connectivity index (χ0) is 16.1. The molecule has 0 amide bonds. The van der Waals surface area contributed by atoms with E-state index in [4.69, 9.17) is 21.1 Å². The quantitative estimate of drug-likeness (QED) is 0.757. The number of aromatic nitrogens is 2. The van der Waals surface area contributed by atoms with Gasteiger partial charge in [-0.2, -0.15) is 0 Å². The summed E-state index contributed by atoms with van der Waals surface area (Å²) in [5.74, 6) is 2.23. The first kappa shape index (κ1) is 16.1. The van der Waals surface area contributed by atoms with Gasteiger partial charge in [0.15, 0.2) is 0 Å². The average molecular weight is 333 g/mol. The van der Waals surface area contributed by atoms with Crippen LogP contribution in [0.3, 0.4) is 0 Å². The van der Waals surface area contributed by atoms with E-state index in [0.717, 1.165) is 24.2 Å². The summed E-state index contributed by atoms with van der Waals surface area (Å²) in [7, 11) is 1.60. The Labute approximate surface area is 141 Å². The summed E-state index contributed by atoms with van der Waals surface area (Å²) < 4.78 is 11.0. The van der Waals surface area contributed by atoms with Crippen LogP contribution in [0.4, 0.5) is 0 Å². The predicted octanol–water partition coefficient (Wildman–Crippen LogP) is 4.49. The van der Waals surface area contributed by atoms with Crippen molar-refractivity contribution >= 4 is 11.6 Å². The Kier molecular flexibility index (Phi) is 5.34. The van der Waals surface area contributed by atoms with Gasteiger partial charge in [0.05, 0.1) is 19.9 Å². The van der Waals surface area contributed by atoms with Crippen LogP contribution in [0.5, 0.6) is 11.6 Å². The number of nitrogens with zero attached hydrogens (tertiary/aromatic N) is 2. The van der Waals surface area contributed by atoms with Gasteiger partial charge in [-0.15, -0.1) is 0 Å². The van der Waals surface area contributed by atoms with Gasteiger partial charge in [-0.3, -0.25) is 0 Å². The van der Waals surface area contributed by atoms with Crippen molar-refractivity contribution < 1.29 is 9.47 Å². The Hall–Kier alpha value is -1.81. The standard InChI is InChI=1S/C18H21ClN2O2/c1-22-17-9-8-14(11-21-17)23-12-13-5-2-3-6-15(13)16-7-4-10-20-18(16)19/h4,7-11,13,15H,2-3,5-6,12H2,1H3. The number of methoxy groups -OCH3 is 1. The summed E-state index contributed by atoms with van der Waals surface area (Å²) >= 11 is 6.30. The van der Waals surface area contributed by atoms with Gasteiger partial charge in [0.2, 0.25) is 5.88 Å². The summed E-state index contributed by atoms with van der Waals surface area (Å²) in [6.45, 7) is 0.671. The van der Waals surface area contributed by atoms with E-state index in [0.29, 0.717) is 29.5 Å². The van der Waals surface area contributed by atoms with Crippen molar-refractivity contribution in [3.05, 3.63) is 47.4 Å². The van der Waals surface area contributed by atoms with Crippen LogP contribution in [0.15, 0.2) is 36.7 Å². The van der Waals surface area contributed by atoms with E-state index < -0.39 is 0 Å². The van der Waals surface area contributed by atoms with E-state index in [9.17, 15) is 0 Å². The third-order valence-electron chi connectivity index (χ3n) is 4.48. The third kappa shape index (κ3) is 3.94. The number of pyridine rings is 2. The molecule has 2 heterocycles. The maximum Gasteiger partial charge on any atom is 0.213 e. The van der Waals surface area contributed by atoms with Crippen LogP contribution in [0.1, 0.15) is 37.2 Å². The molecule has 122 valence electrons. The van der Waals surface area contributed by atoms with Gasteiger partial charge in [0.1, 0.15) is 10.9 Å². The first-order valence-corrected chi connectivity index (χ1v) is 8.39. The van der Waals surface area contributed by atoms with Crippen LogP contribution < -0.4 is 9.47 Å². The van der Waals surface area contributed by atoms with Crippen molar-refractivity contribution in [3.63, 3.8) is 0 Å². The van der Waals surface area contributed by atoms with Crippen molar-refractivity contribution in [2.75, 3.05) is 13.7 Å². The van der Waals surface area contributed by atoms with E-state index in [-0.39, 0.29) is 0 Å². The Morgan fingerprint density at radius 2 is 2.04 bits per heavy atom. The zero-order valence-corrected chi connectivity index (χ0v) is 14.0. The van der Waals surface area contributed by atoms with Crippen molar-refractivity contribution in [3.8, 4) is 11.6 Å². The Morgan fingerprint density at radius 3 is 2.78 bits per heavy atom. The molecule has 1 aliphatic carbocycles. The molecule has 2 unspecified atom stereocenters. The fourth-order valence-electron chi connectivity index (χ4n) is 3.27. The Balaban J connectivity index is 1.68. The van der Waals surface area contributed by atoms with Gasteiger partial charge < -0.3 is 9.47 Å². The molecule has 0 N–H and O–H groups in total. The van der Waals surface area contributed by atoms with Gasteiger partial charge in [0, 0.05) is 12.3 Å². The minimum Gasteiger partial charge on any atom is -0.492 e. The first-order chi connectivity index (χ1) is 11.3. The van der Waals surface area contributed by atoms with Crippen LogP contribution in [0.25, 0.3) is 0 Å². The highest BCUT2D eigenvalue weighted by Crippen LogP contribution is 2.40. The highest BCUT2D eigenvalue weighted by Gasteiger charge is 2.28. The van der Waals surface area contributed by atoms with E-state index in [1.54, 1.807) is 19.5 Å². The lowest BCUT2D eigenvalue weighted by molar-refractivity contribution is 0.185. The summed E-state index contributed by atoms with van der Waals surface area (Å²) in [6.07, 6.45) is 8.20. The van der Waals surface area contributed by atoms with Crippen molar-refractivity contribution in [1.29, 1.82) is 0 Å². The number of ether oxygens (including phenoxy) is 2. The minimum atomic E-state index is 0.413. The molecule has 1 saturated carbocycles. The molecule has 0 aliphatic heterocycles. The molecule has 2 atom stereocenters. The van der Waals surface area contributed by atoms with Gasteiger partial charge in [-0.05, 0) is 42.4 Å². The number of halogens is 1. The first-order valence-electron chi connectivity index (χ1n) is 8.01. The van der Waals surface area contributed by atoms with Crippen LogP contribution >= 0.6 is 11.6 Å². The molecule has 0 bridgehead atoms. The van der Waals surface area contributed by atoms with E-state index >= 15 is 0 Å². The molecule has 0 saturated heterocycles. The van der Waals surface area contributed by atoms with Gasteiger partial charge >= 0.3 is 0 Å². The normalized spacial score (nSPS) is 21.0. The lowest BCUT2D eigenvalue weighted by Gasteiger charge is -2.32. The molecule has 0 aromatic carbocycles. The van der Waals surface area contributed by atoms with Crippen LogP contribution in [-0.4, -0.2) is 23.7 Å². The number of hydrogen-bond donors (Lipinski definition) is 0. The van der Waals surface area contributed by atoms with Crippen LogP contribution in [0, 0.1) is 5.92 Å². The maximum atomic E-state index is 6.30. The topological polar surface area (TPSA) is 44.2 Å². The van der Waals surface area contributed by atoms with Crippen molar-refractivity contribution in [2.24, 2.45) is 5.92 Å². The smallest absolute Gasteiger partial charge is 0.213 e. The summed E-state index contributed by atoms with van der Waals surface area (Å²) in [6, 6.07) is 7.75. The Bertz CT molecular complexity index is 633. The molecule has 3 rings (SSSR count). The molecule has 2 aromatic rings. The molecule has 4 nitrogen and oxygen atoms in total. The lowest BCUT2D eigenvalue weighted by atomic mass is 9.76. The predicted molar refractivity (Wildman–Crippen MR) is 90.2 cm³/mol. The van der Waals surface area contributed by atoms with E-state index in [1.165, 1.54) is 12.8 Å². The second-order valence-corrected chi connectivity index (χ2v) is 6.24. The molecule has 1 fully saturated rings. The summed E-state index contributed by atoms with van der Waals surface area (Å²) in [5, 5.41) is 0.621. The third-order valence-corrected chi connectivity index (χ3v) is 4.79. The molecule has 2 aromatic heterocycles. The molecule has 0 radical (unpaired) electrons. The average Bonchev–Trinajstić information content (AvgIpc) is 2.61. The van der Waals surface area contributed by atoms with Crippen molar-refractivity contribution in [2.45, 2.75) is 31.6 Å². The molecule has 23 heavy (non-hydrogen) atoms. The van der Waals surface area contributed by atoms with Crippen molar-refractivity contribution in [1.82, 2.24) is 9.97 Å². The molecule has 1 aliphatic rings. The molecule has 0 spiro atoms. The molecular formula is C18H21ClN2O2. The second-order valence-electron chi connectivity index (χ2n) is 5.88. The SMILES string of the molecule is COc1ccc(OCC2CCCCC2c2cccnc2Cl)cn1. The van der Waals surface area contributed by atoms with Gasteiger partial charge in [-0.1, -0.05) is 30.5 Å². The minimum absolute atomic E-state index is 0.413. The highest BCUT2D eigenvalue weighted by molar-refractivity contribution is 6.30. The number of rotatable bonds is 5. The zero-order valence-electron chi connectivity index (χ0n) is 13.2. The Morgan fingerprint density at radius 1 is 1.17 bits per heavy atom. The van der Waals surface area contributed by atoms with Gasteiger partial charge in [0.25, 0.3) is 0 Å². The van der Waals surface area contributed by atoms with Gasteiger partial charge in [-0.25, -0.2) is 9.97 Å². The van der Waals surface area contributed by atoms with Crippen LogP contribution in [0.2, 0.25) is 5.15 Å². The summed E-state index contributed by atoms with van der Waals surface area (Å²) in [4.78, 5) is 8.40. The fraction of sp³-hybridized carbons (Fsp3) is 0.444. The molecule has 5 heteroatoms. The lowest BCUT2D eigenvalue weighted by Crippen LogP contribution is -2.24. The monoisotopic (exact) mass is 332 g/mol. The summed E-state index contributed by atoms with van der Waals surface area (Å²) in [5.41, 5.74) is 1.15. The van der Waals surface area contributed by atoms with E-state index in [2.05, 4.69) is 16.0 Å². The maximum absolute atomic E-state index is 6.30. The fourth-order valence-corrected chi connectivity index (χ4v) is 3.53. The molecular weight excluding hydrogens is 312 g/mol.